The van der Waals surface area contributed by atoms with Crippen LogP contribution in [0, 0.1) is 0 Å². The number of hydrogen-bond acceptors (Lipinski definition) is 3. The van der Waals surface area contributed by atoms with Crippen LogP contribution >= 0.6 is 11.6 Å². The van der Waals surface area contributed by atoms with Gasteiger partial charge in [-0.05, 0) is 13.5 Å². The van der Waals surface area contributed by atoms with Gasteiger partial charge in [0.2, 0.25) is 0 Å². The molecule has 0 saturated carbocycles. The Bertz CT molecular complexity index is 575. The van der Waals surface area contributed by atoms with Gasteiger partial charge in [0.05, 0.1) is 17.3 Å². The molecule has 0 unspecified atom stereocenters. The van der Waals surface area contributed by atoms with E-state index in [2.05, 4.69) is 10.00 Å². The molecule has 0 atom stereocenters. The highest BCUT2D eigenvalue weighted by Gasteiger charge is 2.41. The van der Waals surface area contributed by atoms with E-state index < -0.39 is 18.4 Å². The number of rotatable bonds is 1. The fourth-order valence-corrected chi connectivity index (χ4v) is 3.11. The minimum absolute atomic E-state index is 0.0459. The summed E-state index contributed by atoms with van der Waals surface area (Å²) in [4.78, 5) is 15.6. The number of aromatic nitrogens is 2. The van der Waals surface area contributed by atoms with Crippen LogP contribution in [0.5, 0.6) is 0 Å². The maximum atomic E-state index is 13.2. The molecule has 1 aromatic rings. The van der Waals surface area contributed by atoms with E-state index in [1.165, 1.54) is 0 Å². The van der Waals surface area contributed by atoms with Crippen molar-refractivity contribution in [1.82, 2.24) is 19.6 Å². The summed E-state index contributed by atoms with van der Waals surface area (Å²) in [6, 6.07) is 0. The molecule has 1 amide bonds. The van der Waals surface area contributed by atoms with Gasteiger partial charge in [-0.3, -0.25) is 9.48 Å². The van der Waals surface area contributed by atoms with Crippen molar-refractivity contribution in [1.29, 1.82) is 0 Å². The Balaban J connectivity index is 1.87. The smallest absolute Gasteiger partial charge is 0.276 e. The van der Waals surface area contributed by atoms with Gasteiger partial charge in [0, 0.05) is 32.6 Å². The lowest BCUT2D eigenvalue weighted by atomic mass is 10.3. The predicted octanol–water partition coefficient (Wildman–Crippen LogP) is 1.85. The van der Waals surface area contributed by atoms with Gasteiger partial charge in [-0.15, -0.1) is 0 Å². The van der Waals surface area contributed by atoms with Gasteiger partial charge < -0.3 is 9.80 Å². The number of carbonyl (C=O) groups is 1. The summed E-state index contributed by atoms with van der Waals surface area (Å²) in [7, 11) is 1.97. The number of hydrogen-bond donors (Lipinski definition) is 0. The van der Waals surface area contributed by atoms with Gasteiger partial charge in [0.1, 0.15) is 0 Å². The van der Waals surface area contributed by atoms with Crippen LogP contribution in [0.15, 0.2) is 0 Å². The summed E-state index contributed by atoms with van der Waals surface area (Å²) < 4.78 is 28.2. The number of halogens is 3. The molecule has 0 aromatic carbocycles. The van der Waals surface area contributed by atoms with Crippen molar-refractivity contribution < 1.29 is 13.6 Å². The van der Waals surface area contributed by atoms with E-state index in [4.69, 9.17) is 11.6 Å². The average Bonchev–Trinajstić information content (AvgIpc) is 2.85. The van der Waals surface area contributed by atoms with Gasteiger partial charge in [0.25, 0.3) is 11.8 Å². The molecule has 0 N–H and O–H groups in total. The van der Waals surface area contributed by atoms with Gasteiger partial charge in [-0.2, -0.15) is 5.10 Å². The third-order valence-electron chi connectivity index (χ3n) is 3.98. The predicted molar refractivity (Wildman–Crippen MR) is 73.7 cm³/mol. The summed E-state index contributed by atoms with van der Waals surface area (Å²) in [6.45, 7) is 1.72. The molecule has 1 aromatic heterocycles. The van der Waals surface area contributed by atoms with Crippen LogP contribution < -0.4 is 0 Å². The number of likely N-dealkylation sites (tertiary alicyclic amines) is 1. The van der Waals surface area contributed by atoms with E-state index in [1.807, 2.05) is 7.05 Å². The van der Waals surface area contributed by atoms with Crippen LogP contribution in [0.2, 0.25) is 5.02 Å². The molecular weight excluding hydrogens is 302 g/mol. The molecule has 0 spiro atoms. The molecule has 116 valence electrons. The van der Waals surface area contributed by atoms with Crippen LogP contribution in [-0.4, -0.2) is 58.1 Å². The van der Waals surface area contributed by atoms with E-state index in [-0.39, 0.29) is 18.7 Å². The summed E-state index contributed by atoms with van der Waals surface area (Å²) in [5, 5.41) is 4.55. The molecule has 1 saturated heterocycles. The quantitative estimate of drug-likeness (QED) is 0.793. The van der Waals surface area contributed by atoms with Gasteiger partial charge in [-0.1, -0.05) is 11.6 Å². The lowest BCUT2D eigenvalue weighted by molar-refractivity contribution is 0.0119. The second-order valence-electron chi connectivity index (χ2n) is 5.76. The molecule has 1 fully saturated rings. The molecule has 3 rings (SSSR count). The van der Waals surface area contributed by atoms with E-state index in [0.29, 0.717) is 18.1 Å². The monoisotopic (exact) mass is 318 g/mol. The molecule has 8 heteroatoms. The van der Waals surface area contributed by atoms with Crippen molar-refractivity contribution >= 4 is 17.5 Å². The fourth-order valence-electron chi connectivity index (χ4n) is 2.83. The van der Waals surface area contributed by atoms with E-state index in [0.717, 1.165) is 23.6 Å². The maximum Gasteiger partial charge on any atom is 0.276 e. The zero-order valence-electron chi connectivity index (χ0n) is 11.8. The Morgan fingerprint density at radius 2 is 2.10 bits per heavy atom. The van der Waals surface area contributed by atoms with Crippen molar-refractivity contribution in [2.24, 2.45) is 0 Å². The standard InChI is InChI=1S/C13H17ClF2N4O/c1-18-4-2-5-20-9(7-18)10(14)11(17-20)12(21)19-6-3-13(15,16)8-19/h2-8H2,1H3. The summed E-state index contributed by atoms with van der Waals surface area (Å²) in [6.07, 6.45) is 0.615. The molecule has 0 bridgehead atoms. The molecule has 3 heterocycles. The molecule has 0 radical (unpaired) electrons. The molecule has 21 heavy (non-hydrogen) atoms. The fraction of sp³-hybridized carbons (Fsp3) is 0.692. The van der Waals surface area contributed by atoms with Crippen LogP contribution in [0.25, 0.3) is 0 Å². The third kappa shape index (κ3) is 2.76. The number of nitrogens with zero attached hydrogens (tertiary/aromatic N) is 4. The number of aryl methyl sites for hydroxylation is 1. The van der Waals surface area contributed by atoms with Crippen molar-refractivity contribution in [3.8, 4) is 0 Å². The van der Waals surface area contributed by atoms with Crippen LogP contribution in [0.4, 0.5) is 8.78 Å². The molecule has 0 aliphatic carbocycles. The largest absolute Gasteiger partial charge is 0.331 e. The Morgan fingerprint density at radius 3 is 2.76 bits per heavy atom. The molecule has 5 nitrogen and oxygen atoms in total. The first-order valence-corrected chi connectivity index (χ1v) is 7.36. The maximum absolute atomic E-state index is 13.2. The number of amides is 1. The Hall–Kier alpha value is -1.21. The van der Waals surface area contributed by atoms with Gasteiger partial charge in [0.15, 0.2) is 5.69 Å². The summed E-state index contributed by atoms with van der Waals surface area (Å²) in [5.74, 6) is -3.31. The van der Waals surface area contributed by atoms with Crippen molar-refractivity contribution in [3.05, 3.63) is 16.4 Å². The first kappa shape index (κ1) is 14.7. The highest BCUT2D eigenvalue weighted by molar-refractivity contribution is 6.34. The average molecular weight is 319 g/mol. The van der Waals surface area contributed by atoms with Crippen molar-refractivity contribution in [3.63, 3.8) is 0 Å². The first-order valence-electron chi connectivity index (χ1n) is 6.98. The summed E-state index contributed by atoms with van der Waals surface area (Å²) >= 11 is 6.28. The van der Waals surface area contributed by atoms with Gasteiger partial charge in [-0.25, -0.2) is 8.78 Å². The third-order valence-corrected chi connectivity index (χ3v) is 4.38. The van der Waals surface area contributed by atoms with Crippen molar-refractivity contribution in [2.75, 3.05) is 26.7 Å². The Labute approximate surface area is 126 Å². The minimum Gasteiger partial charge on any atom is -0.331 e. The first-order chi connectivity index (χ1) is 9.87. The number of carbonyl (C=O) groups excluding carboxylic acids is 1. The second kappa shape index (κ2) is 5.21. The molecule has 2 aliphatic rings. The minimum atomic E-state index is -2.81. The zero-order valence-corrected chi connectivity index (χ0v) is 12.5. The number of alkyl halides is 2. The normalized spacial score (nSPS) is 22.2. The lowest BCUT2D eigenvalue weighted by Gasteiger charge is -2.15. The summed E-state index contributed by atoms with van der Waals surface area (Å²) in [5.41, 5.74) is 0.880. The molecular formula is C13H17ClF2N4O. The SMILES string of the molecule is CN1CCCn2nc(C(=O)N3CCC(F)(F)C3)c(Cl)c2C1. The second-order valence-corrected chi connectivity index (χ2v) is 6.13. The Kier molecular flexibility index (Phi) is 3.65. The van der Waals surface area contributed by atoms with E-state index >= 15 is 0 Å². The van der Waals surface area contributed by atoms with Crippen LogP contribution in [-0.2, 0) is 13.1 Å². The Morgan fingerprint density at radius 1 is 1.33 bits per heavy atom. The number of fused-ring (bicyclic) bond motifs is 1. The highest BCUT2D eigenvalue weighted by atomic mass is 35.5. The van der Waals surface area contributed by atoms with E-state index in [9.17, 15) is 13.6 Å². The van der Waals surface area contributed by atoms with Crippen molar-refractivity contribution in [2.45, 2.75) is 31.9 Å². The molecule has 2 aliphatic heterocycles. The van der Waals surface area contributed by atoms with E-state index in [1.54, 1.807) is 4.68 Å². The van der Waals surface area contributed by atoms with Crippen LogP contribution in [0.1, 0.15) is 29.0 Å². The topological polar surface area (TPSA) is 41.4 Å². The lowest BCUT2D eigenvalue weighted by Crippen LogP contribution is -2.32. The van der Waals surface area contributed by atoms with Gasteiger partial charge >= 0.3 is 0 Å². The van der Waals surface area contributed by atoms with Crippen LogP contribution in [0.3, 0.4) is 0 Å². The highest BCUT2D eigenvalue weighted by Crippen LogP contribution is 2.30. The zero-order chi connectivity index (χ0) is 15.2.